The number of piperazine rings is 1. The highest BCUT2D eigenvalue weighted by molar-refractivity contribution is 7.15. The molecule has 2 amide bonds. The van der Waals surface area contributed by atoms with Gasteiger partial charge in [-0.25, -0.2) is 9.37 Å². The normalized spacial score (nSPS) is 14.9. The second-order valence-electron chi connectivity index (χ2n) is 5.32. The molecule has 0 bridgehead atoms. The maximum atomic E-state index is 14.1. The van der Waals surface area contributed by atoms with Gasteiger partial charge >= 0.3 is 0 Å². The molecule has 2 aromatic rings. The third-order valence-electron chi connectivity index (χ3n) is 3.81. The molecule has 0 aliphatic carbocycles. The Kier molecular flexibility index (Phi) is 4.38. The van der Waals surface area contributed by atoms with Gasteiger partial charge in [0.1, 0.15) is 11.5 Å². The van der Waals surface area contributed by atoms with E-state index in [1.807, 2.05) is 0 Å². The van der Waals surface area contributed by atoms with Crippen molar-refractivity contribution in [3.05, 3.63) is 40.8 Å². The summed E-state index contributed by atoms with van der Waals surface area (Å²) in [5.41, 5.74) is 0.685. The summed E-state index contributed by atoms with van der Waals surface area (Å²) < 4.78 is 14.1. The predicted octanol–water partition coefficient (Wildman–Crippen LogP) is 2.17. The van der Waals surface area contributed by atoms with Gasteiger partial charge in [0.05, 0.1) is 9.88 Å². The van der Waals surface area contributed by atoms with E-state index >= 15 is 0 Å². The number of thiazole rings is 1. The summed E-state index contributed by atoms with van der Waals surface area (Å²) in [6.45, 7) is 3.74. The minimum Gasteiger partial charge on any atom is -0.342 e. The summed E-state index contributed by atoms with van der Waals surface area (Å²) in [6.07, 6.45) is 0.791. The molecule has 2 heterocycles. The average Bonchev–Trinajstić information content (AvgIpc) is 2.96. The molecule has 1 saturated heterocycles. The van der Waals surface area contributed by atoms with Crippen LogP contribution in [-0.2, 0) is 4.79 Å². The van der Waals surface area contributed by atoms with E-state index in [2.05, 4.69) is 4.98 Å². The molecule has 0 atom stereocenters. The first-order chi connectivity index (χ1) is 11.1. The van der Waals surface area contributed by atoms with E-state index < -0.39 is 0 Å². The van der Waals surface area contributed by atoms with Gasteiger partial charge < -0.3 is 9.80 Å². The minimum absolute atomic E-state index is 0.210. The Balaban J connectivity index is 1.90. The fourth-order valence-electron chi connectivity index (χ4n) is 2.58. The molecule has 0 radical (unpaired) electrons. The third kappa shape index (κ3) is 3.10. The summed E-state index contributed by atoms with van der Waals surface area (Å²) in [7, 11) is 0. The molecule has 5 nitrogen and oxygen atoms in total. The summed E-state index contributed by atoms with van der Waals surface area (Å²) in [4.78, 5) is 31.7. The summed E-state index contributed by atoms with van der Waals surface area (Å²) in [5, 5.41) is 0.720. The Hall–Kier alpha value is -2.28. The van der Waals surface area contributed by atoms with Gasteiger partial charge in [0.25, 0.3) is 5.91 Å². The molecule has 0 saturated carbocycles. The van der Waals surface area contributed by atoms with E-state index in [1.165, 1.54) is 17.4 Å². The lowest BCUT2D eigenvalue weighted by atomic mass is 10.1. The molecule has 23 heavy (non-hydrogen) atoms. The highest BCUT2D eigenvalue weighted by Gasteiger charge is 2.27. The van der Waals surface area contributed by atoms with Crippen LogP contribution in [0.15, 0.2) is 24.3 Å². The SMILES string of the molecule is Cc1nc(C(=O)N2CCN(C=O)CC2)c(-c2ccccc2F)s1. The molecule has 1 fully saturated rings. The zero-order chi connectivity index (χ0) is 16.4. The standard InChI is InChI=1S/C16H16FN3O2S/c1-11-18-14(15(23-11)12-4-2-3-5-13(12)17)16(22)20-8-6-19(10-21)7-9-20/h2-5,10H,6-9H2,1H3. The van der Waals surface area contributed by atoms with Gasteiger partial charge in [-0.2, -0.15) is 0 Å². The summed E-state index contributed by atoms with van der Waals surface area (Å²) in [6, 6.07) is 6.39. The van der Waals surface area contributed by atoms with Gasteiger partial charge in [0.2, 0.25) is 6.41 Å². The molecule has 1 aliphatic rings. The van der Waals surface area contributed by atoms with Gasteiger partial charge in [0.15, 0.2) is 0 Å². The Labute approximate surface area is 137 Å². The van der Waals surface area contributed by atoms with E-state index in [9.17, 15) is 14.0 Å². The number of carbonyl (C=O) groups is 2. The highest BCUT2D eigenvalue weighted by atomic mass is 32.1. The topological polar surface area (TPSA) is 53.5 Å². The van der Waals surface area contributed by atoms with Gasteiger partial charge in [-0.3, -0.25) is 9.59 Å². The number of benzene rings is 1. The number of amides is 2. The van der Waals surface area contributed by atoms with Crippen molar-refractivity contribution in [1.29, 1.82) is 0 Å². The van der Waals surface area contributed by atoms with Gasteiger partial charge in [-0.05, 0) is 13.0 Å². The Bertz CT molecular complexity index is 739. The van der Waals surface area contributed by atoms with Crippen LogP contribution in [0.3, 0.4) is 0 Å². The Morgan fingerprint density at radius 2 is 1.96 bits per heavy atom. The fraction of sp³-hybridized carbons (Fsp3) is 0.312. The van der Waals surface area contributed by atoms with Crippen LogP contribution in [-0.4, -0.2) is 53.3 Å². The van der Waals surface area contributed by atoms with Crippen LogP contribution in [0.4, 0.5) is 4.39 Å². The van der Waals surface area contributed by atoms with Crippen molar-refractivity contribution >= 4 is 23.7 Å². The molecular weight excluding hydrogens is 317 g/mol. The largest absolute Gasteiger partial charge is 0.342 e. The van der Waals surface area contributed by atoms with Crippen molar-refractivity contribution < 1.29 is 14.0 Å². The molecule has 1 aromatic carbocycles. The molecule has 0 N–H and O–H groups in total. The van der Waals surface area contributed by atoms with Crippen LogP contribution < -0.4 is 0 Å². The van der Waals surface area contributed by atoms with E-state index in [0.29, 0.717) is 36.6 Å². The second-order valence-corrected chi connectivity index (χ2v) is 6.53. The first-order valence-corrected chi connectivity index (χ1v) is 8.12. The molecule has 120 valence electrons. The van der Waals surface area contributed by atoms with Crippen molar-refractivity contribution in [3.8, 4) is 10.4 Å². The highest BCUT2D eigenvalue weighted by Crippen LogP contribution is 2.32. The maximum absolute atomic E-state index is 14.1. The van der Waals surface area contributed by atoms with Crippen LogP contribution in [0.1, 0.15) is 15.5 Å². The van der Waals surface area contributed by atoms with E-state index in [-0.39, 0.29) is 17.4 Å². The molecular formula is C16H16FN3O2S. The number of halogens is 1. The quantitative estimate of drug-likeness (QED) is 0.809. The second kappa shape index (κ2) is 6.45. The lowest BCUT2D eigenvalue weighted by molar-refractivity contribution is -0.119. The van der Waals surface area contributed by atoms with Crippen LogP contribution in [0, 0.1) is 12.7 Å². The van der Waals surface area contributed by atoms with Crippen LogP contribution >= 0.6 is 11.3 Å². The average molecular weight is 333 g/mol. The number of hydrogen-bond acceptors (Lipinski definition) is 4. The van der Waals surface area contributed by atoms with Crippen LogP contribution in [0.2, 0.25) is 0 Å². The fourth-order valence-corrected chi connectivity index (χ4v) is 3.52. The number of carbonyl (C=O) groups excluding carboxylic acids is 2. The van der Waals surface area contributed by atoms with Gasteiger partial charge in [-0.1, -0.05) is 18.2 Å². The van der Waals surface area contributed by atoms with Crippen LogP contribution in [0.25, 0.3) is 10.4 Å². The lowest BCUT2D eigenvalue weighted by Crippen LogP contribution is -2.48. The Morgan fingerprint density at radius 1 is 1.26 bits per heavy atom. The zero-order valence-corrected chi connectivity index (χ0v) is 13.5. The molecule has 3 rings (SSSR count). The monoisotopic (exact) mass is 333 g/mol. The van der Waals surface area contributed by atoms with Crippen LogP contribution in [0.5, 0.6) is 0 Å². The summed E-state index contributed by atoms with van der Waals surface area (Å²) in [5.74, 6) is -0.575. The molecule has 7 heteroatoms. The van der Waals surface area contributed by atoms with E-state index in [0.717, 1.165) is 11.4 Å². The maximum Gasteiger partial charge on any atom is 0.274 e. The molecule has 1 aliphatic heterocycles. The first kappa shape index (κ1) is 15.6. The number of aromatic nitrogens is 1. The Morgan fingerprint density at radius 3 is 2.61 bits per heavy atom. The van der Waals surface area contributed by atoms with Crippen molar-refractivity contribution in [2.24, 2.45) is 0 Å². The number of aryl methyl sites for hydroxylation is 1. The van der Waals surface area contributed by atoms with E-state index in [1.54, 1.807) is 34.9 Å². The molecule has 0 unspecified atom stereocenters. The lowest BCUT2D eigenvalue weighted by Gasteiger charge is -2.32. The zero-order valence-electron chi connectivity index (χ0n) is 12.7. The van der Waals surface area contributed by atoms with Crippen molar-refractivity contribution in [2.75, 3.05) is 26.2 Å². The predicted molar refractivity (Wildman–Crippen MR) is 85.8 cm³/mol. The third-order valence-corrected chi connectivity index (χ3v) is 4.81. The summed E-state index contributed by atoms with van der Waals surface area (Å²) >= 11 is 1.31. The van der Waals surface area contributed by atoms with Crippen molar-refractivity contribution in [2.45, 2.75) is 6.92 Å². The van der Waals surface area contributed by atoms with Gasteiger partial charge in [0, 0.05) is 31.7 Å². The first-order valence-electron chi connectivity index (χ1n) is 7.31. The number of hydrogen-bond donors (Lipinski definition) is 0. The number of nitrogens with zero attached hydrogens (tertiary/aromatic N) is 3. The van der Waals surface area contributed by atoms with Crippen molar-refractivity contribution in [3.63, 3.8) is 0 Å². The van der Waals surface area contributed by atoms with E-state index in [4.69, 9.17) is 0 Å². The smallest absolute Gasteiger partial charge is 0.274 e. The molecule has 0 spiro atoms. The minimum atomic E-state index is -0.365. The van der Waals surface area contributed by atoms with Gasteiger partial charge in [-0.15, -0.1) is 11.3 Å². The molecule has 1 aromatic heterocycles. The van der Waals surface area contributed by atoms with Crippen molar-refractivity contribution in [1.82, 2.24) is 14.8 Å². The number of rotatable bonds is 3.